The van der Waals surface area contributed by atoms with E-state index in [0.29, 0.717) is 0 Å². The van der Waals surface area contributed by atoms with Gasteiger partial charge < -0.3 is 10.3 Å². The van der Waals surface area contributed by atoms with Gasteiger partial charge in [-0.1, -0.05) is 38.0 Å². The summed E-state index contributed by atoms with van der Waals surface area (Å²) in [7, 11) is 0. The Morgan fingerprint density at radius 3 is 2.79 bits per heavy atom. The monoisotopic (exact) mass is 324 g/mol. The van der Waals surface area contributed by atoms with Crippen LogP contribution in [-0.4, -0.2) is 20.4 Å². The number of imidazole rings is 1. The summed E-state index contributed by atoms with van der Waals surface area (Å²) in [5, 5.41) is 1.13. The number of carbonyl (C=O) groups is 1. The van der Waals surface area contributed by atoms with Gasteiger partial charge in [0.25, 0.3) is 0 Å². The molecule has 0 saturated heterocycles. The van der Waals surface area contributed by atoms with E-state index in [0.717, 1.165) is 60.6 Å². The Bertz CT molecular complexity index is 840. The molecule has 3 aromatic rings. The average Bonchev–Trinajstić information content (AvgIpc) is 3.01. The van der Waals surface area contributed by atoms with Crippen molar-refractivity contribution in [3.05, 3.63) is 36.8 Å². The van der Waals surface area contributed by atoms with Crippen molar-refractivity contribution >= 4 is 27.8 Å². The van der Waals surface area contributed by atoms with E-state index in [4.69, 9.17) is 5.73 Å². The van der Waals surface area contributed by atoms with Crippen molar-refractivity contribution in [2.75, 3.05) is 0 Å². The summed E-state index contributed by atoms with van der Waals surface area (Å²) in [5.41, 5.74) is 8.53. The number of nitrogens with zero attached hydrogens (tertiary/aromatic N) is 3. The van der Waals surface area contributed by atoms with Gasteiger partial charge in [-0.05, 0) is 25.3 Å². The van der Waals surface area contributed by atoms with Crippen molar-refractivity contribution in [2.45, 2.75) is 45.6 Å². The number of primary amides is 1. The third kappa shape index (κ3) is 3.40. The summed E-state index contributed by atoms with van der Waals surface area (Å²) in [6.45, 7) is 2.98. The minimum atomic E-state index is -0.165. The molecular weight excluding hydrogens is 300 g/mol. The van der Waals surface area contributed by atoms with Crippen LogP contribution in [0.2, 0.25) is 0 Å². The lowest BCUT2D eigenvalue weighted by Gasteiger charge is -2.12. The highest BCUT2D eigenvalue weighted by Crippen LogP contribution is 2.23. The maximum Gasteiger partial charge on any atom is 0.220 e. The van der Waals surface area contributed by atoms with E-state index in [1.165, 1.54) is 0 Å². The predicted octanol–water partition coefficient (Wildman–Crippen LogP) is 3.66. The first kappa shape index (κ1) is 16.4. The third-order valence-electron chi connectivity index (χ3n) is 4.59. The van der Waals surface area contributed by atoms with Gasteiger partial charge in [0.05, 0.1) is 23.6 Å². The molecule has 5 nitrogen and oxygen atoms in total. The van der Waals surface area contributed by atoms with Crippen molar-refractivity contribution in [1.29, 1.82) is 0 Å². The zero-order valence-corrected chi connectivity index (χ0v) is 14.1. The molecule has 0 aliphatic carbocycles. The molecule has 2 aromatic heterocycles. The minimum absolute atomic E-state index is 0.0135. The van der Waals surface area contributed by atoms with Crippen LogP contribution in [0.25, 0.3) is 21.9 Å². The predicted molar refractivity (Wildman–Crippen MR) is 96.5 cm³/mol. The van der Waals surface area contributed by atoms with Crippen LogP contribution in [0.5, 0.6) is 0 Å². The van der Waals surface area contributed by atoms with E-state index in [-0.39, 0.29) is 11.8 Å². The molecule has 1 amide bonds. The zero-order chi connectivity index (χ0) is 16.9. The van der Waals surface area contributed by atoms with Crippen LogP contribution in [0.15, 0.2) is 36.8 Å². The Morgan fingerprint density at radius 1 is 1.17 bits per heavy atom. The first-order chi connectivity index (χ1) is 11.7. The molecule has 2 heterocycles. The normalized spacial score (nSPS) is 12.7. The van der Waals surface area contributed by atoms with Crippen LogP contribution in [0, 0.1) is 5.92 Å². The smallest absolute Gasteiger partial charge is 0.220 e. The van der Waals surface area contributed by atoms with Gasteiger partial charge in [-0.15, -0.1) is 0 Å². The standard InChI is InChI=1S/C19H24N4O/c1-2-7-14(19(20)24)8-5-6-11-23-13-22-17-12-21-16-10-4-3-9-15(16)18(17)23/h3-4,9-10,12-14H,2,5-8,11H2,1H3,(H2,20,24). The highest BCUT2D eigenvalue weighted by Gasteiger charge is 2.14. The molecule has 24 heavy (non-hydrogen) atoms. The molecule has 5 heteroatoms. The highest BCUT2D eigenvalue weighted by molar-refractivity contribution is 6.01. The fourth-order valence-corrected chi connectivity index (χ4v) is 3.32. The van der Waals surface area contributed by atoms with Gasteiger partial charge >= 0.3 is 0 Å². The van der Waals surface area contributed by atoms with Crippen molar-refractivity contribution in [3.8, 4) is 0 Å². The molecule has 1 aromatic carbocycles. The van der Waals surface area contributed by atoms with Gasteiger partial charge in [0.15, 0.2) is 0 Å². The number of benzene rings is 1. The second kappa shape index (κ2) is 7.43. The Labute approximate surface area is 141 Å². The Kier molecular flexibility index (Phi) is 5.08. The summed E-state index contributed by atoms with van der Waals surface area (Å²) in [5.74, 6) is -0.151. The van der Waals surface area contributed by atoms with E-state index < -0.39 is 0 Å². The molecule has 2 N–H and O–H groups in total. The number of carbonyl (C=O) groups excluding carboxylic acids is 1. The second-order valence-corrected chi connectivity index (χ2v) is 6.33. The molecule has 126 valence electrons. The van der Waals surface area contributed by atoms with Crippen LogP contribution in [-0.2, 0) is 11.3 Å². The number of aromatic nitrogens is 3. The Balaban J connectivity index is 1.70. The first-order valence-electron chi connectivity index (χ1n) is 8.68. The van der Waals surface area contributed by atoms with Crippen LogP contribution < -0.4 is 5.73 Å². The molecular formula is C19H24N4O. The van der Waals surface area contributed by atoms with E-state index >= 15 is 0 Å². The van der Waals surface area contributed by atoms with Crippen LogP contribution >= 0.6 is 0 Å². The van der Waals surface area contributed by atoms with Crippen LogP contribution in [0.1, 0.15) is 39.0 Å². The topological polar surface area (TPSA) is 73.8 Å². The van der Waals surface area contributed by atoms with E-state index in [1.807, 2.05) is 30.7 Å². The Hall–Kier alpha value is -2.43. The van der Waals surface area contributed by atoms with Gasteiger partial charge in [-0.25, -0.2) is 4.98 Å². The number of unbranched alkanes of at least 4 members (excludes halogenated alkanes) is 1. The summed E-state index contributed by atoms with van der Waals surface area (Å²) in [4.78, 5) is 20.4. The van der Waals surface area contributed by atoms with Gasteiger partial charge in [0.2, 0.25) is 5.91 Å². The number of hydrogen-bond donors (Lipinski definition) is 1. The maximum absolute atomic E-state index is 11.4. The van der Waals surface area contributed by atoms with Crippen molar-refractivity contribution in [2.24, 2.45) is 11.7 Å². The molecule has 1 unspecified atom stereocenters. The summed E-state index contributed by atoms with van der Waals surface area (Å²) in [6.07, 6.45) is 8.48. The van der Waals surface area contributed by atoms with Gasteiger partial charge in [0, 0.05) is 17.8 Å². The fraction of sp³-hybridized carbons (Fsp3) is 0.421. The fourth-order valence-electron chi connectivity index (χ4n) is 3.32. The lowest BCUT2D eigenvalue weighted by Crippen LogP contribution is -2.23. The molecule has 1 atom stereocenters. The van der Waals surface area contributed by atoms with E-state index in [2.05, 4.69) is 27.5 Å². The number of para-hydroxylation sites is 1. The molecule has 0 fully saturated rings. The largest absolute Gasteiger partial charge is 0.369 e. The average molecular weight is 324 g/mol. The molecule has 0 aliphatic heterocycles. The zero-order valence-electron chi connectivity index (χ0n) is 14.1. The summed E-state index contributed by atoms with van der Waals surface area (Å²) < 4.78 is 2.19. The lowest BCUT2D eigenvalue weighted by atomic mass is 9.96. The molecule has 0 saturated carbocycles. The lowest BCUT2D eigenvalue weighted by molar-refractivity contribution is -0.122. The molecule has 3 rings (SSSR count). The quantitative estimate of drug-likeness (QED) is 0.643. The summed E-state index contributed by atoms with van der Waals surface area (Å²) >= 11 is 0. The van der Waals surface area contributed by atoms with E-state index in [1.54, 1.807) is 0 Å². The Morgan fingerprint density at radius 2 is 2.00 bits per heavy atom. The van der Waals surface area contributed by atoms with E-state index in [9.17, 15) is 4.79 Å². The van der Waals surface area contributed by atoms with Crippen molar-refractivity contribution in [3.63, 3.8) is 0 Å². The molecule has 0 spiro atoms. The number of pyridine rings is 1. The number of rotatable bonds is 8. The van der Waals surface area contributed by atoms with Gasteiger partial charge in [-0.3, -0.25) is 9.78 Å². The number of hydrogen-bond acceptors (Lipinski definition) is 3. The molecule has 0 bridgehead atoms. The highest BCUT2D eigenvalue weighted by atomic mass is 16.1. The van der Waals surface area contributed by atoms with Crippen LogP contribution in [0.3, 0.4) is 0 Å². The minimum Gasteiger partial charge on any atom is -0.369 e. The molecule has 0 radical (unpaired) electrons. The number of amides is 1. The number of fused-ring (bicyclic) bond motifs is 3. The third-order valence-corrected chi connectivity index (χ3v) is 4.59. The van der Waals surface area contributed by atoms with Gasteiger partial charge in [0.1, 0.15) is 5.52 Å². The second-order valence-electron chi connectivity index (χ2n) is 6.33. The van der Waals surface area contributed by atoms with Crippen LogP contribution in [0.4, 0.5) is 0 Å². The number of aryl methyl sites for hydroxylation is 1. The first-order valence-corrected chi connectivity index (χ1v) is 8.68. The van der Waals surface area contributed by atoms with Crippen molar-refractivity contribution < 1.29 is 4.79 Å². The summed E-state index contributed by atoms with van der Waals surface area (Å²) in [6, 6.07) is 8.14. The maximum atomic E-state index is 11.4. The number of nitrogens with two attached hydrogens (primary N) is 1. The SMILES string of the molecule is CCCC(CCCCn1cnc2cnc3ccccc3c21)C(N)=O. The molecule has 0 aliphatic rings. The van der Waals surface area contributed by atoms with Crippen molar-refractivity contribution in [1.82, 2.24) is 14.5 Å². The van der Waals surface area contributed by atoms with Gasteiger partial charge in [-0.2, -0.15) is 0 Å².